The largest absolute Gasteiger partial charge is 0.497 e. The first kappa shape index (κ1) is 23.2. The minimum atomic E-state index is 0.0609. The number of likely N-dealkylation sites (tertiary alicyclic amines) is 1. The third-order valence-electron chi connectivity index (χ3n) is 6.31. The standard InChI is InChI=1S/C23H32N6O4/c1-17(30)29-9-7-19(8-10-29)24-21(31)15-27-11-13-28(14-12-27)16-22-25-23(26-33-22)18-3-5-20(32-2)6-4-18/h3-6,19H,7-16H2,1-2H3,(H,24,31). The second-order valence-corrected chi connectivity index (χ2v) is 8.64. The smallest absolute Gasteiger partial charge is 0.241 e. The SMILES string of the molecule is COc1ccc(-c2noc(CN3CCN(CC(=O)NC4CCN(C(C)=O)CC4)CC3)n2)cc1. The van der Waals surface area contributed by atoms with Crippen molar-refractivity contribution < 1.29 is 18.8 Å². The van der Waals surface area contributed by atoms with Gasteiger partial charge >= 0.3 is 0 Å². The van der Waals surface area contributed by atoms with E-state index in [0.29, 0.717) is 24.8 Å². The number of rotatable bonds is 7. The van der Waals surface area contributed by atoms with Crippen molar-refractivity contribution in [1.82, 2.24) is 30.2 Å². The maximum absolute atomic E-state index is 12.5. The van der Waals surface area contributed by atoms with E-state index in [1.54, 1.807) is 14.0 Å². The Balaban J connectivity index is 1.18. The van der Waals surface area contributed by atoms with Crippen molar-refractivity contribution in [3.05, 3.63) is 30.2 Å². The fourth-order valence-electron chi connectivity index (χ4n) is 4.29. The molecule has 1 aromatic carbocycles. The summed E-state index contributed by atoms with van der Waals surface area (Å²) in [6.45, 7) is 7.34. The Hall–Kier alpha value is -2.98. The molecule has 0 radical (unpaired) electrons. The van der Waals surface area contributed by atoms with E-state index >= 15 is 0 Å². The van der Waals surface area contributed by atoms with Crippen molar-refractivity contribution in [3.63, 3.8) is 0 Å². The topological polar surface area (TPSA) is 104 Å². The Kier molecular flexibility index (Phi) is 7.56. The summed E-state index contributed by atoms with van der Waals surface area (Å²) in [6, 6.07) is 7.71. The molecular formula is C23H32N6O4. The number of ether oxygens (including phenoxy) is 1. The van der Waals surface area contributed by atoms with E-state index in [1.807, 2.05) is 29.2 Å². The molecule has 0 saturated carbocycles. The highest BCUT2D eigenvalue weighted by Gasteiger charge is 2.24. The lowest BCUT2D eigenvalue weighted by Gasteiger charge is -2.35. The van der Waals surface area contributed by atoms with E-state index in [2.05, 4.69) is 25.3 Å². The number of hydrogen-bond donors (Lipinski definition) is 1. The summed E-state index contributed by atoms with van der Waals surface area (Å²) < 4.78 is 10.6. The van der Waals surface area contributed by atoms with Crippen molar-refractivity contribution in [2.75, 3.05) is 52.9 Å². The molecule has 10 heteroatoms. The third kappa shape index (κ3) is 6.29. The van der Waals surface area contributed by atoms with E-state index in [1.165, 1.54) is 0 Å². The Morgan fingerprint density at radius 1 is 1.06 bits per heavy atom. The first-order valence-corrected chi connectivity index (χ1v) is 11.5. The Bertz CT molecular complexity index is 931. The quantitative estimate of drug-likeness (QED) is 0.658. The van der Waals surface area contributed by atoms with E-state index in [-0.39, 0.29) is 17.9 Å². The summed E-state index contributed by atoms with van der Waals surface area (Å²) >= 11 is 0. The molecule has 1 N–H and O–H groups in total. The maximum Gasteiger partial charge on any atom is 0.241 e. The minimum Gasteiger partial charge on any atom is -0.497 e. The fraction of sp³-hybridized carbons (Fsp3) is 0.565. The van der Waals surface area contributed by atoms with E-state index < -0.39 is 0 Å². The third-order valence-corrected chi connectivity index (χ3v) is 6.31. The molecule has 3 heterocycles. The zero-order valence-electron chi connectivity index (χ0n) is 19.3. The predicted octanol–water partition coefficient (Wildman–Crippen LogP) is 0.990. The molecule has 0 spiro atoms. The maximum atomic E-state index is 12.5. The van der Waals surface area contributed by atoms with Crippen LogP contribution in [0.1, 0.15) is 25.7 Å². The number of nitrogens with one attached hydrogen (secondary N) is 1. The number of piperidine rings is 1. The van der Waals surface area contributed by atoms with Gasteiger partial charge < -0.3 is 19.5 Å². The van der Waals surface area contributed by atoms with Gasteiger partial charge in [-0.05, 0) is 37.1 Å². The number of piperazine rings is 1. The van der Waals surface area contributed by atoms with Crippen LogP contribution in [0.4, 0.5) is 0 Å². The van der Waals surface area contributed by atoms with Crippen LogP contribution in [-0.4, -0.2) is 95.6 Å². The van der Waals surface area contributed by atoms with Crippen molar-refractivity contribution in [2.45, 2.75) is 32.4 Å². The molecule has 2 aromatic rings. The summed E-state index contributed by atoms with van der Waals surface area (Å²) in [6.07, 6.45) is 1.64. The van der Waals surface area contributed by atoms with Gasteiger partial charge in [-0.25, -0.2) is 0 Å². The molecule has 0 aliphatic carbocycles. The monoisotopic (exact) mass is 456 g/mol. The summed E-state index contributed by atoms with van der Waals surface area (Å²) in [7, 11) is 1.63. The number of nitrogens with zero attached hydrogens (tertiary/aromatic N) is 5. The van der Waals surface area contributed by atoms with E-state index in [4.69, 9.17) is 9.26 Å². The predicted molar refractivity (Wildman–Crippen MR) is 121 cm³/mol. The summed E-state index contributed by atoms with van der Waals surface area (Å²) in [5.74, 6) is 2.11. The number of hydrogen-bond acceptors (Lipinski definition) is 8. The highest BCUT2D eigenvalue weighted by molar-refractivity contribution is 5.78. The lowest BCUT2D eigenvalue weighted by atomic mass is 10.1. The lowest BCUT2D eigenvalue weighted by Crippen LogP contribution is -2.51. The lowest BCUT2D eigenvalue weighted by molar-refractivity contribution is -0.130. The van der Waals surface area contributed by atoms with Crippen LogP contribution < -0.4 is 10.1 Å². The molecule has 4 rings (SSSR count). The van der Waals surface area contributed by atoms with Gasteiger partial charge in [-0.1, -0.05) is 5.16 Å². The van der Waals surface area contributed by atoms with Crippen molar-refractivity contribution in [1.29, 1.82) is 0 Å². The molecule has 2 amide bonds. The summed E-state index contributed by atoms with van der Waals surface area (Å²) in [4.78, 5) is 34.7. The Morgan fingerprint density at radius 3 is 2.36 bits per heavy atom. The Labute approximate surface area is 193 Å². The zero-order chi connectivity index (χ0) is 23.2. The first-order chi connectivity index (χ1) is 16.0. The van der Waals surface area contributed by atoms with E-state index in [0.717, 1.165) is 63.4 Å². The molecule has 178 valence electrons. The van der Waals surface area contributed by atoms with Crippen LogP contribution in [0.5, 0.6) is 5.75 Å². The van der Waals surface area contributed by atoms with Crippen LogP contribution in [0.2, 0.25) is 0 Å². The van der Waals surface area contributed by atoms with Crippen molar-refractivity contribution in [2.24, 2.45) is 0 Å². The van der Waals surface area contributed by atoms with Crippen LogP contribution in [-0.2, 0) is 16.1 Å². The van der Waals surface area contributed by atoms with Crippen LogP contribution in [0.3, 0.4) is 0 Å². The number of methoxy groups -OCH3 is 1. The number of benzene rings is 1. The van der Waals surface area contributed by atoms with Gasteiger partial charge in [-0.3, -0.25) is 19.4 Å². The van der Waals surface area contributed by atoms with Gasteiger partial charge in [-0.2, -0.15) is 4.98 Å². The van der Waals surface area contributed by atoms with Crippen LogP contribution in [0.25, 0.3) is 11.4 Å². The molecule has 1 aromatic heterocycles. The van der Waals surface area contributed by atoms with Gasteiger partial charge in [-0.15, -0.1) is 0 Å². The number of amides is 2. The number of carbonyl (C=O) groups excluding carboxylic acids is 2. The fourth-order valence-corrected chi connectivity index (χ4v) is 4.29. The van der Waals surface area contributed by atoms with Crippen molar-refractivity contribution >= 4 is 11.8 Å². The molecule has 2 aliphatic heterocycles. The van der Waals surface area contributed by atoms with Crippen molar-refractivity contribution in [3.8, 4) is 17.1 Å². The molecule has 0 bridgehead atoms. The van der Waals surface area contributed by atoms with Gasteiger partial charge in [0.2, 0.25) is 23.5 Å². The van der Waals surface area contributed by atoms with Crippen LogP contribution in [0.15, 0.2) is 28.8 Å². The van der Waals surface area contributed by atoms with Gasteiger partial charge in [0.25, 0.3) is 0 Å². The second kappa shape index (κ2) is 10.8. The molecule has 10 nitrogen and oxygen atoms in total. The average molecular weight is 457 g/mol. The van der Waals surface area contributed by atoms with Gasteiger partial charge in [0.15, 0.2) is 0 Å². The zero-order valence-corrected chi connectivity index (χ0v) is 19.3. The first-order valence-electron chi connectivity index (χ1n) is 11.5. The highest BCUT2D eigenvalue weighted by atomic mass is 16.5. The second-order valence-electron chi connectivity index (χ2n) is 8.64. The molecule has 2 aliphatic rings. The Morgan fingerprint density at radius 2 is 1.73 bits per heavy atom. The summed E-state index contributed by atoms with van der Waals surface area (Å²) in [5, 5.41) is 7.22. The van der Waals surface area contributed by atoms with Gasteiger partial charge in [0.05, 0.1) is 20.2 Å². The average Bonchev–Trinajstić information content (AvgIpc) is 3.29. The number of carbonyl (C=O) groups is 2. The van der Waals surface area contributed by atoms with E-state index in [9.17, 15) is 9.59 Å². The van der Waals surface area contributed by atoms with Crippen LogP contribution in [0, 0.1) is 0 Å². The highest BCUT2D eigenvalue weighted by Crippen LogP contribution is 2.20. The number of aromatic nitrogens is 2. The van der Waals surface area contributed by atoms with Crippen LogP contribution >= 0.6 is 0 Å². The molecule has 2 saturated heterocycles. The van der Waals surface area contributed by atoms with Gasteiger partial charge in [0.1, 0.15) is 5.75 Å². The normalized spacial score (nSPS) is 18.3. The molecule has 33 heavy (non-hydrogen) atoms. The molecular weight excluding hydrogens is 424 g/mol. The molecule has 0 unspecified atom stereocenters. The van der Waals surface area contributed by atoms with Gasteiger partial charge in [0, 0.05) is 57.8 Å². The minimum absolute atomic E-state index is 0.0609. The molecule has 0 atom stereocenters. The summed E-state index contributed by atoms with van der Waals surface area (Å²) in [5.41, 5.74) is 0.883. The molecule has 2 fully saturated rings.